The number of ether oxygens (including phenoxy) is 3. The van der Waals surface area contributed by atoms with Gasteiger partial charge in [0.15, 0.2) is 11.5 Å². The van der Waals surface area contributed by atoms with E-state index in [4.69, 9.17) is 19.9 Å². The lowest BCUT2D eigenvalue weighted by molar-refractivity contribution is -0.136. The van der Waals surface area contributed by atoms with E-state index in [1.165, 1.54) is 20.0 Å². The van der Waals surface area contributed by atoms with Crippen LogP contribution in [0.15, 0.2) is 59.7 Å². The second-order valence-corrected chi connectivity index (χ2v) is 7.71. The Morgan fingerprint density at radius 3 is 2.28 bits per heavy atom. The summed E-state index contributed by atoms with van der Waals surface area (Å²) < 4.78 is 16.6. The Bertz CT molecular complexity index is 1030. The van der Waals surface area contributed by atoms with Crippen molar-refractivity contribution in [2.24, 2.45) is 5.73 Å². The Hall–Kier alpha value is -3.54. The summed E-state index contributed by atoms with van der Waals surface area (Å²) in [6, 6.07) is 14.7. The van der Waals surface area contributed by atoms with Gasteiger partial charge < -0.3 is 19.9 Å². The zero-order valence-electron chi connectivity index (χ0n) is 18.7. The van der Waals surface area contributed by atoms with Crippen LogP contribution in [0.3, 0.4) is 0 Å². The molecular formula is C26H29NO5. The standard InChI is InChI=1S/C26H29NO5/c1-17(19-13-14-22(23(16-19)30-2)32-20-11-7-8-12-20)24(26(29)31-3)21(25(27)28)15-18-9-5-4-6-10-18/h4-6,9-10,13-16,20H,7-8,11-12H2,1-3H3,(H2,27,28). The van der Waals surface area contributed by atoms with Crippen molar-refractivity contribution in [3.8, 4) is 11.5 Å². The highest BCUT2D eigenvalue weighted by atomic mass is 16.5. The molecule has 0 saturated heterocycles. The average molecular weight is 436 g/mol. The number of allylic oxidation sites excluding steroid dienone is 1. The molecule has 1 aliphatic carbocycles. The SMILES string of the molecule is COC(=O)C(C(=Cc1ccccc1)C(N)=O)=C(C)c1ccc(OC2CCCC2)c(OC)c1. The van der Waals surface area contributed by atoms with Crippen molar-refractivity contribution < 1.29 is 23.8 Å². The quantitative estimate of drug-likeness (QED) is 0.374. The first kappa shape index (κ1) is 23.1. The lowest BCUT2D eigenvalue weighted by Gasteiger charge is -2.18. The lowest BCUT2D eigenvalue weighted by Crippen LogP contribution is -2.21. The van der Waals surface area contributed by atoms with Gasteiger partial charge in [-0.25, -0.2) is 4.79 Å². The number of amides is 1. The fourth-order valence-electron chi connectivity index (χ4n) is 3.88. The van der Waals surface area contributed by atoms with Crippen LogP contribution in [-0.4, -0.2) is 32.2 Å². The Morgan fingerprint density at radius 1 is 1.00 bits per heavy atom. The highest BCUT2D eigenvalue weighted by Gasteiger charge is 2.24. The van der Waals surface area contributed by atoms with Crippen LogP contribution in [0.1, 0.15) is 43.7 Å². The highest BCUT2D eigenvalue weighted by Crippen LogP contribution is 2.35. The molecule has 2 N–H and O–H groups in total. The van der Waals surface area contributed by atoms with Gasteiger partial charge in [-0.15, -0.1) is 0 Å². The number of carbonyl (C=O) groups excluding carboxylic acids is 2. The minimum atomic E-state index is -0.721. The fraction of sp³-hybridized carbons (Fsp3) is 0.308. The molecule has 2 aromatic carbocycles. The fourth-order valence-corrected chi connectivity index (χ4v) is 3.88. The summed E-state index contributed by atoms with van der Waals surface area (Å²) in [6.45, 7) is 1.75. The van der Waals surface area contributed by atoms with E-state index in [1.54, 1.807) is 26.2 Å². The summed E-state index contributed by atoms with van der Waals surface area (Å²) in [4.78, 5) is 25.1. The van der Waals surface area contributed by atoms with Crippen molar-refractivity contribution in [1.82, 2.24) is 0 Å². The molecule has 32 heavy (non-hydrogen) atoms. The van der Waals surface area contributed by atoms with Gasteiger partial charge in [-0.3, -0.25) is 4.79 Å². The number of hydrogen-bond donors (Lipinski definition) is 1. The molecule has 6 nitrogen and oxygen atoms in total. The van der Waals surface area contributed by atoms with E-state index in [2.05, 4.69) is 0 Å². The lowest BCUT2D eigenvalue weighted by atomic mass is 9.93. The molecule has 2 aromatic rings. The topological polar surface area (TPSA) is 87.9 Å². The molecule has 3 rings (SSSR count). The molecule has 0 bridgehead atoms. The highest BCUT2D eigenvalue weighted by molar-refractivity contribution is 6.15. The Morgan fingerprint density at radius 2 is 1.69 bits per heavy atom. The smallest absolute Gasteiger partial charge is 0.338 e. The summed E-state index contributed by atoms with van der Waals surface area (Å²) in [5.74, 6) is -0.147. The van der Waals surface area contributed by atoms with Gasteiger partial charge in [-0.05, 0) is 67.5 Å². The third-order valence-electron chi connectivity index (χ3n) is 5.60. The first-order chi connectivity index (χ1) is 15.4. The van der Waals surface area contributed by atoms with Gasteiger partial charge in [0.2, 0.25) is 5.91 Å². The van der Waals surface area contributed by atoms with Crippen LogP contribution < -0.4 is 15.2 Å². The van der Waals surface area contributed by atoms with Crippen molar-refractivity contribution >= 4 is 23.5 Å². The Kier molecular flexibility index (Phi) is 7.71. The Balaban J connectivity index is 2.07. The number of benzene rings is 2. The third-order valence-corrected chi connectivity index (χ3v) is 5.60. The first-order valence-corrected chi connectivity index (χ1v) is 10.7. The predicted molar refractivity (Wildman–Crippen MR) is 124 cm³/mol. The maximum absolute atomic E-state index is 12.7. The maximum atomic E-state index is 12.7. The van der Waals surface area contributed by atoms with Crippen LogP contribution in [-0.2, 0) is 14.3 Å². The first-order valence-electron chi connectivity index (χ1n) is 10.7. The molecule has 0 heterocycles. The van der Waals surface area contributed by atoms with Gasteiger partial charge in [0.05, 0.1) is 31.5 Å². The van der Waals surface area contributed by atoms with Crippen LogP contribution >= 0.6 is 0 Å². The van der Waals surface area contributed by atoms with E-state index in [-0.39, 0.29) is 17.3 Å². The zero-order chi connectivity index (χ0) is 23.1. The molecule has 0 unspecified atom stereocenters. The molecule has 1 fully saturated rings. The number of rotatable bonds is 8. The molecule has 1 saturated carbocycles. The number of carbonyl (C=O) groups is 2. The summed E-state index contributed by atoms with van der Waals surface area (Å²) in [6.07, 6.45) is 6.17. The van der Waals surface area contributed by atoms with Crippen molar-refractivity contribution in [3.05, 3.63) is 70.8 Å². The van der Waals surface area contributed by atoms with Crippen LogP contribution in [0, 0.1) is 0 Å². The van der Waals surface area contributed by atoms with Crippen LogP contribution in [0.25, 0.3) is 11.6 Å². The average Bonchev–Trinajstić information content (AvgIpc) is 3.32. The van der Waals surface area contributed by atoms with Crippen LogP contribution in [0.5, 0.6) is 11.5 Å². The molecule has 0 radical (unpaired) electrons. The van der Waals surface area contributed by atoms with E-state index in [9.17, 15) is 9.59 Å². The van der Waals surface area contributed by atoms with Crippen molar-refractivity contribution in [1.29, 1.82) is 0 Å². The largest absolute Gasteiger partial charge is 0.493 e. The molecule has 0 aliphatic heterocycles. The number of methoxy groups -OCH3 is 2. The number of esters is 1. The number of primary amides is 1. The van der Waals surface area contributed by atoms with E-state index in [1.807, 2.05) is 42.5 Å². The second kappa shape index (κ2) is 10.7. The molecule has 1 aliphatic rings. The molecule has 0 atom stereocenters. The van der Waals surface area contributed by atoms with E-state index >= 15 is 0 Å². The van der Waals surface area contributed by atoms with Gasteiger partial charge in [-0.1, -0.05) is 36.4 Å². The minimum absolute atomic E-state index is 0.0748. The van der Waals surface area contributed by atoms with Crippen molar-refractivity contribution in [2.75, 3.05) is 14.2 Å². The maximum Gasteiger partial charge on any atom is 0.338 e. The minimum Gasteiger partial charge on any atom is -0.493 e. The zero-order valence-corrected chi connectivity index (χ0v) is 18.7. The van der Waals surface area contributed by atoms with Gasteiger partial charge in [0.25, 0.3) is 0 Å². The number of hydrogen-bond acceptors (Lipinski definition) is 5. The molecular weight excluding hydrogens is 406 g/mol. The summed E-state index contributed by atoms with van der Waals surface area (Å²) >= 11 is 0. The number of nitrogens with two attached hydrogens (primary N) is 1. The predicted octanol–water partition coefficient (Wildman–Crippen LogP) is 4.53. The van der Waals surface area contributed by atoms with Crippen molar-refractivity contribution in [3.63, 3.8) is 0 Å². The Labute approximate surface area is 188 Å². The second-order valence-electron chi connectivity index (χ2n) is 7.71. The summed E-state index contributed by atoms with van der Waals surface area (Å²) in [5, 5.41) is 0. The van der Waals surface area contributed by atoms with E-state index in [0.717, 1.165) is 18.4 Å². The third kappa shape index (κ3) is 5.38. The van der Waals surface area contributed by atoms with Crippen LogP contribution in [0.2, 0.25) is 0 Å². The monoisotopic (exact) mass is 435 g/mol. The molecule has 0 aromatic heterocycles. The van der Waals surface area contributed by atoms with Gasteiger partial charge in [-0.2, -0.15) is 0 Å². The van der Waals surface area contributed by atoms with Crippen molar-refractivity contribution in [2.45, 2.75) is 38.7 Å². The molecule has 0 spiro atoms. The van der Waals surface area contributed by atoms with Crippen LogP contribution in [0.4, 0.5) is 0 Å². The van der Waals surface area contributed by atoms with Gasteiger partial charge >= 0.3 is 5.97 Å². The van der Waals surface area contributed by atoms with Gasteiger partial charge in [0.1, 0.15) is 0 Å². The molecule has 168 valence electrons. The van der Waals surface area contributed by atoms with E-state index in [0.29, 0.717) is 22.6 Å². The summed E-state index contributed by atoms with van der Waals surface area (Å²) in [7, 11) is 2.85. The van der Waals surface area contributed by atoms with E-state index < -0.39 is 11.9 Å². The molecule has 6 heteroatoms. The normalized spacial score (nSPS) is 15.2. The molecule has 1 amide bonds. The van der Waals surface area contributed by atoms with Gasteiger partial charge in [0, 0.05) is 0 Å². The summed E-state index contributed by atoms with van der Waals surface area (Å²) in [5.41, 5.74) is 7.84.